The molecule has 1 aliphatic carbocycles. The van der Waals surface area contributed by atoms with E-state index in [1.807, 2.05) is 12.1 Å². The molecule has 2 amide bonds. The number of aromatic nitrogens is 3. The molecule has 8 heteroatoms. The van der Waals surface area contributed by atoms with Gasteiger partial charge in [-0.05, 0) is 43.4 Å². The van der Waals surface area contributed by atoms with E-state index in [-0.39, 0.29) is 12.1 Å². The van der Waals surface area contributed by atoms with E-state index >= 15 is 0 Å². The second kappa shape index (κ2) is 9.43. The number of hydrogen-bond donors (Lipinski definition) is 1. The highest BCUT2D eigenvalue weighted by molar-refractivity contribution is 7.15. The van der Waals surface area contributed by atoms with Crippen LogP contribution in [0.25, 0.3) is 0 Å². The summed E-state index contributed by atoms with van der Waals surface area (Å²) in [5, 5.41) is 13.2. The Balaban J connectivity index is 1.41. The minimum absolute atomic E-state index is 0.0970. The highest BCUT2D eigenvalue weighted by atomic mass is 32.1. The average Bonchev–Trinajstić information content (AvgIpc) is 3.41. The van der Waals surface area contributed by atoms with Crippen molar-refractivity contribution < 1.29 is 9.53 Å². The summed E-state index contributed by atoms with van der Waals surface area (Å²) in [5.74, 6) is 0.497. The van der Waals surface area contributed by atoms with Gasteiger partial charge in [0, 0.05) is 38.0 Å². The molecule has 1 aliphatic heterocycles. The Bertz CT molecular complexity index is 757. The van der Waals surface area contributed by atoms with Crippen molar-refractivity contribution in [2.24, 2.45) is 0 Å². The number of anilines is 1. The average molecular weight is 402 g/mol. The van der Waals surface area contributed by atoms with E-state index in [1.54, 1.807) is 17.3 Å². The summed E-state index contributed by atoms with van der Waals surface area (Å²) in [6.07, 6.45) is 11.8. The van der Waals surface area contributed by atoms with E-state index in [2.05, 4.69) is 20.5 Å². The molecule has 0 spiro atoms. The van der Waals surface area contributed by atoms with Gasteiger partial charge >= 0.3 is 6.03 Å². The van der Waals surface area contributed by atoms with Crippen LogP contribution in [0.5, 0.6) is 0 Å². The third-order valence-corrected chi connectivity index (χ3v) is 6.47. The fraction of sp³-hybridized carbons (Fsp3) is 0.600. The Morgan fingerprint density at radius 3 is 2.71 bits per heavy atom. The molecule has 1 unspecified atom stereocenters. The van der Waals surface area contributed by atoms with Gasteiger partial charge in [0.15, 0.2) is 0 Å². The topological polar surface area (TPSA) is 80.2 Å². The zero-order chi connectivity index (χ0) is 19.2. The Kier molecular flexibility index (Phi) is 6.49. The summed E-state index contributed by atoms with van der Waals surface area (Å²) >= 11 is 1.51. The molecule has 1 N–H and O–H groups in total. The number of pyridine rings is 1. The van der Waals surface area contributed by atoms with Crippen LogP contribution >= 0.6 is 11.3 Å². The smallest absolute Gasteiger partial charge is 0.324 e. The maximum absolute atomic E-state index is 13.0. The second-order valence-corrected chi connectivity index (χ2v) is 8.59. The highest BCUT2D eigenvalue weighted by Crippen LogP contribution is 2.35. The van der Waals surface area contributed by atoms with Gasteiger partial charge in [-0.3, -0.25) is 10.3 Å². The van der Waals surface area contributed by atoms with Crippen LogP contribution in [0.1, 0.15) is 61.4 Å². The summed E-state index contributed by atoms with van der Waals surface area (Å²) < 4.78 is 5.75. The van der Waals surface area contributed by atoms with Crippen molar-refractivity contribution >= 4 is 22.5 Å². The number of hydrogen-bond acceptors (Lipinski definition) is 6. The lowest BCUT2D eigenvalue weighted by atomic mass is 9.90. The molecule has 2 aromatic rings. The summed E-state index contributed by atoms with van der Waals surface area (Å²) in [6, 6.07) is 3.71. The molecule has 2 fully saturated rings. The number of carbonyl (C=O) groups is 1. The predicted molar refractivity (Wildman–Crippen MR) is 108 cm³/mol. The molecule has 0 bridgehead atoms. The largest absolute Gasteiger partial charge is 0.376 e. The van der Waals surface area contributed by atoms with Crippen LogP contribution in [0.2, 0.25) is 0 Å². The molecule has 1 saturated heterocycles. The molecule has 2 aromatic heterocycles. The molecule has 0 aromatic carbocycles. The van der Waals surface area contributed by atoms with E-state index in [9.17, 15) is 4.79 Å². The van der Waals surface area contributed by atoms with E-state index in [4.69, 9.17) is 4.74 Å². The van der Waals surface area contributed by atoms with Gasteiger partial charge in [-0.15, -0.1) is 10.2 Å². The summed E-state index contributed by atoms with van der Waals surface area (Å²) in [5.41, 5.74) is 1.04. The maximum atomic E-state index is 13.0. The Morgan fingerprint density at radius 1 is 1.14 bits per heavy atom. The van der Waals surface area contributed by atoms with Crippen molar-refractivity contribution in [3.63, 3.8) is 0 Å². The Morgan fingerprint density at radius 2 is 1.96 bits per heavy atom. The molecular formula is C20H27N5O2S. The van der Waals surface area contributed by atoms with Gasteiger partial charge in [0.2, 0.25) is 5.13 Å². The van der Waals surface area contributed by atoms with Crippen LogP contribution in [0, 0.1) is 0 Å². The van der Waals surface area contributed by atoms with Gasteiger partial charge in [-0.2, -0.15) is 0 Å². The zero-order valence-corrected chi connectivity index (χ0v) is 16.9. The minimum atomic E-state index is -0.154. The Labute approximate surface area is 169 Å². The molecule has 150 valence electrons. The third-order valence-electron chi connectivity index (χ3n) is 5.47. The molecular weight excluding hydrogens is 374 g/mol. The van der Waals surface area contributed by atoms with Crippen molar-refractivity contribution in [1.29, 1.82) is 0 Å². The Hall–Kier alpha value is -2.06. The first-order valence-corrected chi connectivity index (χ1v) is 11.0. The number of ether oxygens (including phenoxy) is 1. The van der Waals surface area contributed by atoms with Crippen LogP contribution < -0.4 is 5.32 Å². The number of nitrogens with zero attached hydrogens (tertiary/aromatic N) is 4. The molecule has 1 saturated carbocycles. The van der Waals surface area contributed by atoms with Crippen molar-refractivity contribution in [3.05, 3.63) is 35.1 Å². The number of amides is 2. The SMILES string of the molecule is O=C(Nc1nnc(C2CCCCC2)s1)N(Cc1ccncc1)CC1CCCO1. The van der Waals surface area contributed by atoms with Gasteiger partial charge in [0.25, 0.3) is 0 Å². The summed E-state index contributed by atoms with van der Waals surface area (Å²) in [6.45, 7) is 1.86. The first-order valence-electron chi connectivity index (χ1n) is 10.2. The maximum Gasteiger partial charge on any atom is 0.324 e. The molecule has 7 nitrogen and oxygen atoms in total. The van der Waals surface area contributed by atoms with Crippen LogP contribution in [-0.2, 0) is 11.3 Å². The van der Waals surface area contributed by atoms with Crippen LogP contribution in [-0.4, -0.2) is 45.4 Å². The number of carbonyl (C=O) groups excluding carboxylic acids is 1. The second-order valence-electron chi connectivity index (χ2n) is 7.58. The number of urea groups is 1. The van der Waals surface area contributed by atoms with Gasteiger partial charge in [-0.25, -0.2) is 4.79 Å². The molecule has 0 radical (unpaired) electrons. The third kappa shape index (κ3) is 5.05. The van der Waals surface area contributed by atoms with Crippen molar-refractivity contribution in [2.75, 3.05) is 18.5 Å². The van der Waals surface area contributed by atoms with Crippen LogP contribution in [0.3, 0.4) is 0 Å². The molecule has 2 aliphatic rings. The van der Waals surface area contributed by atoms with E-state index in [0.29, 0.717) is 24.1 Å². The van der Waals surface area contributed by atoms with Crippen molar-refractivity contribution in [2.45, 2.75) is 63.5 Å². The van der Waals surface area contributed by atoms with E-state index in [0.717, 1.165) is 30.0 Å². The van der Waals surface area contributed by atoms with Crippen LogP contribution in [0.15, 0.2) is 24.5 Å². The number of nitrogens with one attached hydrogen (secondary N) is 1. The molecule has 28 heavy (non-hydrogen) atoms. The minimum Gasteiger partial charge on any atom is -0.376 e. The summed E-state index contributed by atoms with van der Waals surface area (Å²) in [7, 11) is 0. The first-order chi connectivity index (χ1) is 13.8. The first kappa shape index (κ1) is 19.3. The van der Waals surface area contributed by atoms with Crippen LogP contribution in [0.4, 0.5) is 9.93 Å². The van der Waals surface area contributed by atoms with Crippen molar-refractivity contribution in [3.8, 4) is 0 Å². The zero-order valence-electron chi connectivity index (χ0n) is 16.0. The summed E-state index contributed by atoms with van der Waals surface area (Å²) in [4.78, 5) is 18.8. The predicted octanol–water partition coefficient (Wildman–Crippen LogP) is 4.19. The fourth-order valence-corrected chi connectivity index (χ4v) is 4.83. The van der Waals surface area contributed by atoms with Gasteiger partial charge < -0.3 is 9.64 Å². The lowest BCUT2D eigenvalue weighted by Gasteiger charge is -2.25. The van der Waals surface area contributed by atoms with Crippen molar-refractivity contribution in [1.82, 2.24) is 20.1 Å². The normalized spacial score (nSPS) is 20.2. The van der Waals surface area contributed by atoms with E-state index < -0.39 is 0 Å². The number of rotatable bonds is 6. The molecule has 4 rings (SSSR count). The standard InChI is InChI=1S/C20H27N5O2S/c26-20(22-19-24-23-18(28-19)16-5-2-1-3-6-16)25(14-17-7-4-12-27-17)13-15-8-10-21-11-9-15/h8-11,16-17H,1-7,12-14H2,(H,22,24,26). The lowest BCUT2D eigenvalue weighted by Crippen LogP contribution is -2.39. The highest BCUT2D eigenvalue weighted by Gasteiger charge is 2.25. The molecule has 3 heterocycles. The monoisotopic (exact) mass is 401 g/mol. The van der Waals surface area contributed by atoms with E-state index in [1.165, 1.54) is 43.4 Å². The quantitative estimate of drug-likeness (QED) is 0.785. The van der Waals surface area contributed by atoms with Gasteiger partial charge in [0.1, 0.15) is 5.01 Å². The van der Waals surface area contributed by atoms with Gasteiger partial charge in [-0.1, -0.05) is 30.6 Å². The molecule has 1 atom stereocenters. The lowest BCUT2D eigenvalue weighted by molar-refractivity contribution is 0.0819. The van der Waals surface area contributed by atoms with Gasteiger partial charge in [0.05, 0.1) is 6.10 Å². The fourth-order valence-electron chi connectivity index (χ4n) is 3.93.